The van der Waals surface area contributed by atoms with Crippen LogP contribution in [-0.2, 0) is 20.9 Å². The molecule has 1 heterocycles. The molecule has 276 valence electrons. The average Bonchev–Trinajstić information content (AvgIpc) is 3.05. The molecular formula is C37H66N4O7. The number of likely N-dealkylation sites (N-methyl/N-ethyl adjacent to an activating group) is 1. The number of rotatable bonds is 18. The largest absolute Gasteiger partial charge is 0.493 e. The standard InChI is InChI=1S/C26H40N4O5.C8H18O.C3H8O/c1-20(2)9-7-5-6-8-10-25(32)28-16-21-11-12-23(24(15-21)34-4)35-26(33)30-14-13-29(19-31)18-22(30)17-27-3;1-7(2)5-6-9-8(3)4;1-2-3-4/h7,9,11-12,15,19-20,22,27H,5-6,8,10,13-14,16-18H2,1-4H3,(H,28,32);7-8H,5-6H2,1-4H3;4H,2-3H2,1H3/b9-7+;;. The van der Waals surface area contributed by atoms with Crippen LogP contribution in [0.5, 0.6) is 11.5 Å². The van der Waals surface area contributed by atoms with Gasteiger partial charge in [-0.15, -0.1) is 0 Å². The smallest absolute Gasteiger partial charge is 0.415 e. The molecule has 3 N–H and O–H groups in total. The number of hydrogen-bond donors (Lipinski definition) is 3. The van der Waals surface area contributed by atoms with E-state index in [9.17, 15) is 14.4 Å². The minimum Gasteiger partial charge on any atom is -0.493 e. The predicted octanol–water partition coefficient (Wildman–Crippen LogP) is 5.79. The number of unbranched alkanes of at least 4 members (excludes halogenated alkanes) is 2. The average molecular weight is 679 g/mol. The van der Waals surface area contributed by atoms with E-state index >= 15 is 0 Å². The minimum atomic E-state index is -0.488. The van der Waals surface area contributed by atoms with Gasteiger partial charge in [0.1, 0.15) is 0 Å². The number of hydrogen-bond acceptors (Lipinski definition) is 8. The Morgan fingerprint density at radius 2 is 1.79 bits per heavy atom. The van der Waals surface area contributed by atoms with Gasteiger partial charge < -0.3 is 39.8 Å². The first kappa shape index (κ1) is 44.9. The molecule has 3 amide bonds. The molecule has 1 unspecified atom stereocenters. The number of piperazine rings is 1. The Balaban J connectivity index is 0.00000143. The van der Waals surface area contributed by atoms with Crippen LogP contribution in [0, 0.1) is 11.8 Å². The predicted molar refractivity (Wildman–Crippen MR) is 193 cm³/mol. The van der Waals surface area contributed by atoms with Gasteiger partial charge in [-0.3, -0.25) is 9.59 Å². The summed E-state index contributed by atoms with van der Waals surface area (Å²) in [6, 6.07) is 5.05. The Bertz CT molecular complexity index is 1020. The molecule has 0 radical (unpaired) electrons. The number of nitrogens with one attached hydrogen (secondary N) is 2. The second-order valence-electron chi connectivity index (χ2n) is 12.9. The fourth-order valence-corrected chi connectivity index (χ4v) is 4.43. The molecule has 2 rings (SSSR count). The third-order valence-corrected chi connectivity index (χ3v) is 7.17. The van der Waals surface area contributed by atoms with Gasteiger partial charge in [0.05, 0.1) is 19.3 Å². The molecule has 1 aliphatic heterocycles. The lowest BCUT2D eigenvalue weighted by molar-refractivity contribution is -0.121. The van der Waals surface area contributed by atoms with E-state index in [1.165, 1.54) is 13.5 Å². The van der Waals surface area contributed by atoms with Crippen LogP contribution in [0.1, 0.15) is 92.6 Å². The second-order valence-corrected chi connectivity index (χ2v) is 12.9. The minimum absolute atomic E-state index is 0.0114. The molecule has 1 aromatic rings. The van der Waals surface area contributed by atoms with Crippen molar-refractivity contribution in [2.75, 3.05) is 53.6 Å². The number of aliphatic hydroxyl groups excluding tert-OH is 1. The van der Waals surface area contributed by atoms with Crippen molar-refractivity contribution in [3.8, 4) is 11.5 Å². The summed E-state index contributed by atoms with van der Waals surface area (Å²) < 4.78 is 16.4. The molecule has 48 heavy (non-hydrogen) atoms. The van der Waals surface area contributed by atoms with E-state index in [1.54, 1.807) is 35.0 Å². The van der Waals surface area contributed by atoms with E-state index < -0.39 is 6.09 Å². The van der Waals surface area contributed by atoms with Crippen molar-refractivity contribution in [2.45, 2.75) is 106 Å². The summed E-state index contributed by atoms with van der Waals surface area (Å²) in [6.45, 7) is 18.2. The number of benzene rings is 1. The normalized spacial score (nSPS) is 14.4. The molecule has 1 atom stereocenters. The van der Waals surface area contributed by atoms with Crippen molar-refractivity contribution in [3.63, 3.8) is 0 Å². The van der Waals surface area contributed by atoms with E-state index in [2.05, 4.69) is 64.3 Å². The van der Waals surface area contributed by atoms with Gasteiger partial charge >= 0.3 is 6.09 Å². The number of methoxy groups -OCH3 is 1. The van der Waals surface area contributed by atoms with Gasteiger partial charge in [-0.2, -0.15) is 0 Å². The maximum absolute atomic E-state index is 12.9. The summed E-state index contributed by atoms with van der Waals surface area (Å²) in [7, 11) is 3.31. The fraction of sp³-hybridized carbons (Fsp3) is 0.703. The van der Waals surface area contributed by atoms with Crippen LogP contribution in [-0.4, -0.2) is 99.0 Å². The van der Waals surface area contributed by atoms with E-state index in [0.29, 0.717) is 69.3 Å². The maximum Gasteiger partial charge on any atom is 0.415 e. The molecular weight excluding hydrogens is 612 g/mol. The molecule has 0 bridgehead atoms. The molecule has 0 aromatic heterocycles. The third kappa shape index (κ3) is 21.7. The maximum atomic E-state index is 12.9. The lowest BCUT2D eigenvalue weighted by atomic mass is 10.1. The summed E-state index contributed by atoms with van der Waals surface area (Å²) in [6.07, 6.45) is 10.4. The summed E-state index contributed by atoms with van der Waals surface area (Å²) in [4.78, 5) is 39.4. The number of amides is 3. The Morgan fingerprint density at radius 3 is 2.35 bits per heavy atom. The molecule has 0 aliphatic carbocycles. The highest BCUT2D eigenvalue weighted by molar-refractivity contribution is 5.76. The highest BCUT2D eigenvalue weighted by Gasteiger charge is 2.31. The number of nitrogens with zero attached hydrogens (tertiary/aromatic N) is 2. The van der Waals surface area contributed by atoms with Crippen LogP contribution in [0.25, 0.3) is 0 Å². The van der Waals surface area contributed by atoms with E-state index in [4.69, 9.17) is 19.3 Å². The zero-order valence-electron chi connectivity index (χ0n) is 31.3. The van der Waals surface area contributed by atoms with Gasteiger partial charge in [-0.1, -0.05) is 52.8 Å². The summed E-state index contributed by atoms with van der Waals surface area (Å²) >= 11 is 0. The second kappa shape index (κ2) is 27.8. The molecule has 11 nitrogen and oxygen atoms in total. The van der Waals surface area contributed by atoms with Crippen LogP contribution in [0.2, 0.25) is 0 Å². The van der Waals surface area contributed by atoms with Crippen LogP contribution >= 0.6 is 0 Å². The lowest BCUT2D eigenvalue weighted by Gasteiger charge is -2.39. The Morgan fingerprint density at radius 1 is 1.08 bits per heavy atom. The van der Waals surface area contributed by atoms with Gasteiger partial charge in [0, 0.05) is 52.4 Å². The van der Waals surface area contributed by atoms with Gasteiger partial charge in [-0.05, 0) is 82.5 Å². The van der Waals surface area contributed by atoms with Crippen molar-refractivity contribution in [3.05, 3.63) is 35.9 Å². The first-order chi connectivity index (χ1) is 22.9. The molecule has 1 fully saturated rings. The monoisotopic (exact) mass is 678 g/mol. The topological polar surface area (TPSA) is 130 Å². The van der Waals surface area contributed by atoms with E-state index in [1.807, 2.05) is 6.92 Å². The van der Waals surface area contributed by atoms with Gasteiger partial charge in [0.2, 0.25) is 12.3 Å². The molecule has 1 aromatic carbocycles. The number of carbonyl (C=O) groups is 3. The highest BCUT2D eigenvalue weighted by Crippen LogP contribution is 2.29. The van der Waals surface area contributed by atoms with Crippen LogP contribution < -0.4 is 20.1 Å². The van der Waals surface area contributed by atoms with Crippen LogP contribution in [0.15, 0.2) is 30.4 Å². The zero-order valence-corrected chi connectivity index (χ0v) is 31.3. The molecule has 0 saturated carbocycles. The third-order valence-electron chi connectivity index (χ3n) is 7.17. The van der Waals surface area contributed by atoms with Crippen molar-refractivity contribution in [1.82, 2.24) is 20.4 Å². The van der Waals surface area contributed by atoms with Crippen LogP contribution in [0.4, 0.5) is 4.79 Å². The zero-order chi connectivity index (χ0) is 36.3. The number of allylic oxidation sites excluding steroid dienone is 2. The quantitative estimate of drug-likeness (QED) is 0.101. The highest BCUT2D eigenvalue weighted by atomic mass is 16.6. The Labute approximate surface area is 290 Å². The molecule has 1 aliphatic rings. The van der Waals surface area contributed by atoms with Crippen molar-refractivity contribution < 1.29 is 33.7 Å². The first-order valence-corrected chi connectivity index (χ1v) is 17.6. The van der Waals surface area contributed by atoms with Crippen molar-refractivity contribution in [2.24, 2.45) is 11.8 Å². The SMILES string of the molecule is CC(C)CCOC(C)C.CCCO.CNCC1CN(C=O)CCN1C(=O)Oc1ccc(CNC(=O)CCCC/C=C/C(C)C)cc1OC. The number of aliphatic hydroxyl groups is 1. The summed E-state index contributed by atoms with van der Waals surface area (Å²) in [5.74, 6) is 2.06. The molecule has 11 heteroatoms. The van der Waals surface area contributed by atoms with Gasteiger partial charge in [0.25, 0.3) is 0 Å². The first-order valence-electron chi connectivity index (χ1n) is 17.6. The number of ether oxygens (including phenoxy) is 3. The summed E-state index contributed by atoms with van der Waals surface area (Å²) in [5.41, 5.74) is 0.850. The Kier molecular flexibility index (Phi) is 25.9. The fourth-order valence-electron chi connectivity index (χ4n) is 4.43. The molecule has 1 saturated heterocycles. The number of carbonyl (C=O) groups excluding carboxylic acids is 3. The van der Waals surface area contributed by atoms with Crippen LogP contribution in [0.3, 0.4) is 0 Å². The Hall–Kier alpha value is -3.15. The lowest BCUT2D eigenvalue weighted by Crippen LogP contribution is -2.58. The van der Waals surface area contributed by atoms with E-state index in [-0.39, 0.29) is 11.9 Å². The van der Waals surface area contributed by atoms with Gasteiger partial charge in [-0.25, -0.2) is 4.79 Å². The van der Waals surface area contributed by atoms with Gasteiger partial charge in [0.15, 0.2) is 11.5 Å². The van der Waals surface area contributed by atoms with Crippen molar-refractivity contribution in [1.29, 1.82) is 0 Å². The molecule has 0 spiro atoms. The summed E-state index contributed by atoms with van der Waals surface area (Å²) in [5, 5.41) is 13.9. The van der Waals surface area contributed by atoms with Crippen molar-refractivity contribution >= 4 is 18.4 Å². The van der Waals surface area contributed by atoms with E-state index in [0.717, 1.165) is 50.2 Å².